The number of amides is 9. The van der Waals surface area contributed by atoms with Gasteiger partial charge in [-0.25, -0.2) is 4.79 Å². The second kappa shape index (κ2) is 47.2. The molecule has 9 atom stereocenters. The summed E-state index contributed by atoms with van der Waals surface area (Å²) < 4.78 is 0. The first-order valence-corrected chi connectivity index (χ1v) is 31.3. The summed E-state index contributed by atoms with van der Waals surface area (Å²) in [6.45, 7) is 0.151. The van der Waals surface area contributed by atoms with E-state index in [9.17, 15) is 58.2 Å². The van der Waals surface area contributed by atoms with Crippen molar-refractivity contribution in [3.8, 4) is 5.75 Å². The molecule has 1 aromatic carbocycles. The van der Waals surface area contributed by atoms with E-state index in [-0.39, 0.29) is 177 Å². The van der Waals surface area contributed by atoms with E-state index in [1.54, 1.807) is 0 Å². The van der Waals surface area contributed by atoms with Crippen LogP contribution in [0.4, 0.5) is 0 Å². The minimum atomic E-state index is -1.71. The van der Waals surface area contributed by atoms with Gasteiger partial charge in [-0.2, -0.15) is 0 Å². The molecule has 0 aliphatic rings. The van der Waals surface area contributed by atoms with Crippen LogP contribution >= 0.6 is 0 Å². The maximum absolute atomic E-state index is 14.7. The fourth-order valence-corrected chi connectivity index (χ4v) is 9.08. The van der Waals surface area contributed by atoms with Gasteiger partial charge < -0.3 is 139 Å². The number of aliphatic imine (C=N–C) groups is 6. The van der Waals surface area contributed by atoms with Crippen LogP contribution in [0, 0.1) is 0 Å². The summed E-state index contributed by atoms with van der Waals surface area (Å²) in [4.78, 5) is 163. The number of primary amides is 1. The number of benzene rings is 1. The highest BCUT2D eigenvalue weighted by atomic mass is 16.4. The number of hydrogen-bond donors (Lipinski definition) is 25. The molecular formula is C56H103N29O12. The predicted octanol–water partition coefficient (Wildman–Crippen LogP) is -10.1. The Kier molecular flexibility index (Phi) is 41.0. The van der Waals surface area contributed by atoms with Crippen molar-refractivity contribution in [3.05, 3.63) is 29.8 Å². The first-order chi connectivity index (χ1) is 45.8. The quantitative estimate of drug-likeness (QED) is 0.0164. The van der Waals surface area contributed by atoms with Crippen LogP contribution in [-0.4, -0.2) is 205 Å². The highest BCUT2D eigenvalue weighted by molar-refractivity contribution is 5.98. The number of carboxylic acid groups (broad SMARTS) is 1. The van der Waals surface area contributed by atoms with Crippen molar-refractivity contribution < 1.29 is 58.2 Å². The van der Waals surface area contributed by atoms with Crippen LogP contribution in [-0.2, 0) is 54.4 Å². The number of aromatic hydroxyl groups is 1. The van der Waals surface area contributed by atoms with Gasteiger partial charge in [0.25, 0.3) is 0 Å². The van der Waals surface area contributed by atoms with E-state index in [0.29, 0.717) is 18.4 Å². The number of unbranched alkanes of at least 4 members (excludes halogenated alkanes) is 1. The molecule has 1 aromatic rings. The van der Waals surface area contributed by atoms with Gasteiger partial charge >= 0.3 is 5.97 Å². The normalized spacial score (nSPS) is 13.5. The van der Waals surface area contributed by atoms with Crippen LogP contribution in [0.3, 0.4) is 0 Å². The monoisotopic (exact) mass is 1370 g/mol. The van der Waals surface area contributed by atoms with E-state index in [0.717, 1.165) is 0 Å². The fourth-order valence-electron chi connectivity index (χ4n) is 9.08. The summed E-state index contributed by atoms with van der Waals surface area (Å²) in [5.74, 6) is -11.5. The van der Waals surface area contributed by atoms with E-state index in [1.165, 1.54) is 24.3 Å². The van der Waals surface area contributed by atoms with Gasteiger partial charge in [0, 0.05) is 52.1 Å². The number of nitrogens with zero attached hydrogens (tertiary/aromatic N) is 6. The van der Waals surface area contributed by atoms with Crippen molar-refractivity contribution in [2.45, 2.75) is 170 Å². The molecule has 41 nitrogen and oxygen atoms in total. The Balaban J connectivity index is 3.88. The predicted molar refractivity (Wildman–Crippen MR) is 364 cm³/mol. The molecule has 0 saturated heterocycles. The fraction of sp³-hybridized carbons (Fsp3) is 0.607. The van der Waals surface area contributed by atoms with E-state index in [2.05, 4.69) is 72.5 Å². The van der Waals surface area contributed by atoms with Gasteiger partial charge in [0.2, 0.25) is 53.2 Å². The molecule has 0 heterocycles. The van der Waals surface area contributed by atoms with Crippen LogP contribution in [0.1, 0.15) is 115 Å². The molecule has 0 saturated carbocycles. The lowest BCUT2D eigenvalue weighted by Crippen LogP contribution is -2.60. The summed E-state index contributed by atoms with van der Waals surface area (Å²) in [6, 6.07) is -7.46. The summed E-state index contributed by atoms with van der Waals surface area (Å²) in [5, 5.41) is 40.6. The molecule has 0 aromatic heterocycles. The van der Waals surface area contributed by atoms with Gasteiger partial charge in [-0.3, -0.25) is 73.1 Å². The van der Waals surface area contributed by atoms with Crippen LogP contribution in [0.2, 0.25) is 0 Å². The topological polar surface area (TPSA) is 772 Å². The van der Waals surface area contributed by atoms with Gasteiger partial charge in [0.1, 0.15) is 54.1 Å². The van der Waals surface area contributed by atoms with E-state index < -0.39 is 126 Å². The number of rotatable bonds is 50. The summed E-state index contributed by atoms with van der Waals surface area (Å²) >= 11 is 0. The highest BCUT2D eigenvalue weighted by Crippen LogP contribution is 2.15. The van der Waals surface area contributed by atoms with Crippen molar-refractivity contribution in [3.63, 3.8) is 0 Å². The van der Waals surface area contributed by atoms with Crippen LogP contribution < -0.4 is 129 Å². The summed E-state index contributed by atoms with van der Waals surface area (Å²) in [7, 11) is 0. The number of guanidine groups is 6. The smallest absolute Gasteiger partial charge is 0.326 e. The first kappa shape index (κ1) is 84.3. The van der Waals surface area contributed by atoms with Crippen molar-refractivity contribution in [2.24, 2.45) is 116 Å². The molecular weight excluding hydrogens is 1270 g/mol. The van der Waals surface area contributed by atoms with Gasteiger partial charge in [0.05, 0.1) is 6.04 Å². The summed E-state index contributed by atoms with van der Waals surface area (Å²) in [6.07, 6.45) is -0.864. The molecule has 40 N–H and O–H groups in total. The van der Waals surface area contributed by atoms with Gasteiger partial charge in [-0.1, -0.05) is 12.1 Å². The molecule has 0 aliphatic carbocycles. The molecule has 9 amide bonds. The standard InChI is InChI=1S/C56H103N29O12/c57-22-2-1-10-33(82-49(95)40(29-30-16-18-31(86)19-17-30)85-42(88)32(58)9-3-23-72-51(60)61)43(89)78-34(11-4-24-73-52(62)63)44(90)79-36(13-6-26-75-54(66)67)46(92)83-38(20-21-41(59)87)48(94)81-35(12-5-25-74-53(64)65)45(91)80-37(14-7-27-76-55(68)69)47(93)84-39(50(96)97)15-8-28-77-56(70)71/h16-19,32-40,86H,1-15,20-29,57-58H2,(H2,59,87)(H,78,89)(H,79,90)(H,80,91)(H,81,94)(H,82,95)(H,83,92)(H,84,93)(H,85,88)(H,96,97)(H4,60,61,72)(H4,62,63,73)(H4,64,65,74)(H4,66,67,75)(H4,68,69,76)(H4,70,71,77)/t32-,33-,34-,35-,36-,37-,38-,39-,40-/m0/s1. The van der Waals surface area contributed by atoms with Crippen molar-refractivity contribution in [1.82, 2.24) is 42.5 Å². The molecule has 97 heavy (non-hydrogen) atoms. The zero-order valence-corrected chi connectivity index (χ0v) is 54.5. The van der Waals surface area contributed by atoms with Gasteiger partial charge in [0.15, 0.2) is 35.8 Å². The molecule has 41 heteroatoms. The molecule has 0 radical (unpaired) electrons. The third-order valence-corrected chi connectivity index (χ3v) is 14.1. The molecule has 0 bridgehead atoms. The number of nitrogens with two attached hydrogens (primary N) is 15. The zero-order valence-electron chi connectivity index (χ0n) is 54.5. The number of aliphatic carboxylic acids is 1. The zero-order chi connectivity index (χ0) is 73.0. The van der Waals surface area contributed by atoms with Gasteiger partial charge in [-0.05, 0) is 127 Å². The van der Waals surface area contributed by atoms with Crippen LogP contribution in [0.15, 0.2) is 54.2 Å². The number of phenolic OH excluding ortho intramolecular Hbond substituents is 1. The lowest BCUT2D eigenvalue weighted by atomic mass is 10.0. The first-order valence-electron chi connectivity index (χ1n) is 31.3. The third-order valence-electron chi connectivity index (χ3n) is 14.1. The molecule has 0 fully saturated rings. The number of hydrogen-bond acceptors (Lipinski definition) is 19. The minimum absolute atomic E-state index is 0.000185. The molecule has 0 spiro atoms. The van der Waals surface area contributed by atoms with Crippen molar-refractivity contribution in [1.29, 1.82) is 0 Å². The average molecular weight is 1370 g/mol. The number of carboxylic acids is 1. The van der Waals surface area contributed by atoms with Crippen LogP contribution in [0.25, 0.3) is 0 Å². The number of nitrogens with one attached hydrogen (secondary N) is 8. The summed E-state index contributed by atoms with van der Waals surface area (Å²) in [5.41, 5.74) is 84.0. The Morgan fingerprint density at radius 2 is 0.598 bits per heavy atom. The van der Waals surface area contributed by atoms with E-state index >= 15 is 0 Å². The van der Waals surface area contributed by atoms with E-state index in [4.69, 9.17) is 86.0 Å². The Bertz CT molecular complexity index is 2870. The molecule has 0 aliphatic heterocycles. The van der Waals surface area contributed by atoms with E-state index in [1.807, 2.05) is 0 Å². The van der Waals surface area contributed by atoms with Crippen LogP contribution in [0.5, 0.6) is 5.75 Å². The Hall–Kier alpha value is -10.7. The Morgan fingerprint density at radius 1 is 0.340 bits per heavy atom. The Labute approximate surface area is 561 Å². The van der Waals surface area contributed by atoms with Gasteiger partial charge in [-0.15, -0.1) is 0 Å². The lowest BCUT2D eigenvalue weighted by Gasteiger charge is -2.28. The third kappa shape index (κ3) is 38.9. The lowest BCUT2D eigenvalue weighted by molar-refractivity contribution is -0.142. The second-order valence-corrected chi connectivity index (χ2v) is 22.3. The Morgan fingerprint density at radius 3 is 0.887 bits per heavy atom. The number of phenols is 1. The SMILES string of the molecule is NCCCC[C@H](NC(=O)[C@H](Cc1ccc(O)cc1)NC(=O)[C@@H](N)CCCN=C(N)N)C(=O)N[C@@H](CCCN=C(N)N)C(=O)N[C@@H](CCCN=C(N)N)C(=O)N[C@@H](CCC(N)=O)C(=O)N[C@@H](CCCN=C(N)N)C(=O)N[C@@H](CCCN=C(N)N)C(=O)N[C@@H](CCCN=C(N)N)C(=O)O. The average Bonchev–Trinajstić information content (AvgIpc) is 1.05. The molecule has 544 valence electrons. The maximum atomic E-state index is 14.7. The highest BCUT2D eigenvalue weighted by Gasteiger charge is 2.35. The number of carbonyl (C=O) groups is 10. The minimum Gasteiger partial charge on any atom is -0.508 e. The largest absolute Gasteiger partial charge is 0.508 e. The molecule has 0 unspecified atom stereocenters. The van der Waals surface area contributed by atoms with Crippen molar-refractivity contribution >= 4 is 94.9 Å². The van der Waals surface area contributed by atoms with Crippen molar-refractivity contribution in [2.75, 3.05) is 45.8 Å². The molecule has 1 rings (SSSR count). The second-order valence-electron chi connectivity index (χ2n) is 22.3. The maximum Gasteiger partial charge on any atom is 0.326 e. The number of carbonyl (C=O) groups excluding carboxylic acids is 9.